The number of hydrogen-bond donors (Lipinski definition) is 2. The largest absolute Gasteiger partial charge is 0.379 e. The highest BCUT2D eigenvalue weighted by molar-refractivity contribution is 7.10. The van der Waals surface area contributed by atoms with E-state index in [4.69, 9.17) is 14.7 Å². The summed E-state index contributed by atoms with van der Waals surface area (Å²) in [4.78, 5) is 16.7. The van der Waals surface area contributed by atoms with Crippen molar-refractivity contribution >= 4 is 39.3 Å². The first-order valence-electron chi connectivity index (χ1n) is 12.3. The van der Waals surface area contributed by atoms with Gasteiger partial charge in [-0.2, -0.15) is 9.36 Å². The predicted octanol–water partition coefficient (Wildman–Crippen LogP) is 4.38. The lowest BCUT2D eigenvalue weighted by molar-refractivity contribution is 0.00791. The van der Waals surface area contributed by atoms with E-state index in [0.29, 0.717) is 18.0 Å². The van der Waals surface area contributed by atoms with Crippen molar-refractivity contribution in [3.63, 3.8) is 0 Å². The molecule has 0 bridgehead atoms. The number of pyridine rings is 1. The second-order valence-electron chi connectivity index (χ2n) is 9.28. The monoisotopic (exact) mass is 490 g/mol. The molecule has 0 unspecified atom stereocenters. The molecule has 1 aliphatic carbocycles. The number of hydrogen-bond acceptors (Lipinski definition) is 9. The van der Waals surface area contributed by atoms with Gasteiger partial charge < -0.3 is 19.9 Å². The van der Waals surface area contributed by atoms with Gasteiger partial charge in [0.2, 0.25) is 5.95 Å². The van der Waals surface area contributed by atoms with E-state index in [1.807, 2.05) is 37.5 Å². The lowest BCUT2D eigenvalue weighted by Crippen LogP contribution is -2.46. The van der Waals surface area contributed by atoms with Gasteiger partial charge in [-0.3, -0.25) is 9.88 Å². The third-order valence-corrected chi connectivity index (χ3v) is 7.72. The number of fused-ring (bicyclic) bond motifs is 1. The maximum absolute atomic E-state index is 5.54. The van der Waals surface area contributed by atoms with Crippen molar-refractivity contribution in [2.45, 2.75) is 44.7 Å². The second kappa shape index (κ2) is 9.88. The summed E-state index contributed by atoms with van der Waals surface area (Å²) in [5, 5.41) is 8.07. The van der Waals surface area contributed by atoms with Gasteiger partial charge in [0.15, 0.2) is 5.82 Å². The van der Waals surface area contributed by atoms with Gasteiger partial charge in [0.25, 0.3) is 0 Å². The van der Waals surface area contributed by atoms with Gasteiger partial charge in [-0.25, -0.2) is 4.98 Å². The van der Waals surface area contributed by atoms with E-state index in [1.165, 1.54) is 24.4 Å². The molecule has 0 atom stereocenters. The molecule has 6 rings (SSSR count). The standard InChI is InChI=1S/C25H30N8OS/c1-17-15-22(35-31-17)29-25-28-21-8-10-33(20-3-2-9-26-16-20)23(21)24(30-25)27-18-4-6-19(7-5-18)32-11-13-34-14-12-32/h2-3,8-10,15-16,18-19H,4-7,11-14H2,1H3,(H2,27,28,29,30). The molecule has 0 amide bonds. The number of aryl methyl sites for hydroxylation is 1. The molecule has 2 N–H and O–H groups in total. The first-order valence-corrected chi connectivity index (χ1v) is 13.1. The smallest absolute Gasteiger partial charge is 0.230 e. The molecule has 1 aliphatic heterocycles. The quantitative estimate of drug-likeness (QED) is 0.411. The highest BCUT2D eigenvalue weighted by Crippen LogP contribution is 2.31. The Morgan fingerprint density at radius 1 is 1.09 bits per heavy atom. The van der Waals surface area contributed by atoms with Crippen molar-refractivity contribution in [1.82, 2.24) is 28.8 Å². The van der Waals surface area contributed by atoms with Crippen molar-refractivity contribution in [3.05, 3.63) is 48.5 Å². The van der Waals surface area contributed by atoms with Crippen molar-refractivity contribution in [1.29, 1.82) is 0 Å². The Labute approximate surface area is 208 Å². The van der Waals surface area contributed by atoms with Crippen molar-refractivity contribution in [2.75, 3.05) is 36.9 Å². The molecule has 0 spiro atoms. The van der Waals surface area contributed by atoms with Crippen LogP contribution in [0, 0.1) is 6.92 Å². The number of aromatic nitrogens is 5. The summed E-state index contributed by atoms with van der Waals surface area (Å²) in [6.45, 7) is 5.81. The molecule has 182 valence electrons. The molecule has 2 fully saturated rings. The highest BCUT2D eigenvalue weighted by atomic mass is 32.1. The van der Waals surface area contributed by atoms with Crippen molar-refractivity contribution in [2.24, 2.45) is 0 Å². The van der Waals surface area contributed by atoms with Gasteiger partial charge in [-0.15, -0.1) is 0 Å². The molecule has 1 saturated carbocycles. The minimum Gasteiger partial charge on any atom is -0.379 e. The molecule has 1 saturated heterocycles. The molecule has 5 heterocycles. The average Bonchev–Trinajstić information content (AvgIpc) is 3.51. The van der Waals surface area contributed by atoms with E-state index in [-0.39, 0.29) is 0 Å². The number of ether oxygens (including phenoxy) is 1. The van der Waals surface area contributed by atoms with Crippen LogP contribution < -0.4 is 10.6 Å². The first-order chi connectivity index (χ1) is 17.2. The molecule has 4 aromatic rings. The van der Waals surface area contributed by atoms with E-state index >= 15 is 0 Å². The van der Waals surface area contributed by atoms with Crippen LogP contribution in [0.4, 0.5) is 16.8 Å². The molecule has 9 nitrogen and oxygen atoms in total. The average molecular weight is 491 g/mol. The van der Waals surface area contributed by atoms with Crippen LogP contribution in [0.1, 0.15) is 31.4 Å². The van der Waals surface area contributed by atoms with Crippen molar-refractivity contribution < 1.29 is 4.74 Å². The minimum absolute atomic E-state index is 0.376. The van der Waals surface area contributed by atoms with Gasteiger partial charge in [-0.1, -0.05) is 0 Å². The third-order valence-electron chi connectivity index (χ3n) is 6.92. The Morgan fingerprint density at radius 3 is 2.69 bits per heavy atom. The van der Waals surface area contributed by atoms with E-state index in [2.05, 4.69) is 35.5 Å². The predicted molar refractivity (Wildman–Crippen MR) is 139 cm³/mol. The van der Waals surface area contributed by atoms with Gasteiger partial charge in [0, 0.05) is 37.6 Å². The fraction of sp³-hybridized carbons (Fsp3) is 0.440. The lowest BCUT2D eigenvalue weighted by Gasteiger charge is -2.39. The Balaban J connectivity index is 1.28. The van der Waals surface area contributed by atoms with Crippen molar-refractivity contribution in [3.8, 4) is 5.69 Å². The Hall–Kier alpha value is -3.08. The number of nitrogens with one attached hydrogen (secondary N) is 2. The van der Waals surface area contributed by atoms with Gasteiger partial charge in [-0.05, 0) is 68.4 Å². The summed E-state index contributed by atoms with van der Waals surface area (Å²) in [6.07, 6.45) is 10.3. The van der Waals surface area contributed by atoms with Crippen LogP contribution in [0.5, 0.6) is 0 Å². The van der Waals surface area contributed by atoms with Crippen LogP contribution in [0.25, 0.3) is 16.7 Å². The molecule has 35 heavy (non-hydrogen) atoms. The normalized spacial score (nSPS) is 21.3. The van der Waals surface area contributed by atoms with Crippen LogP contribution in [0.2, 0.25) is 0 Å². The highest BCUT2D eigenvalue weighted by Gasteiger charge is 2.28. The summed E-state index contributed by atoms with van der Waals surface area (Å²) in [6, 6.07) is 9.09. The summed E-state index contributed by atoms with van der Waals surface area (Å²) in [5.41, 5.74) is 3.83. The SMILES string of the molecule is Cc1cc(Nc2nc(NC3CCC(N4CCOCC4)CC3)c3c(ccn3-c3cccnc3)n2)sn1. The topological polar surface area (TPSA) is 93.0 Å². The molecule has 4 aromatic heterocycles. The molecular formula is C25H30N8OS. The Kier molecular flexibility index (Phi) is 6.32. The Bertz CT molecular complexity index is 1280. The summed E-state index contributed by atoms with van der Waals surface area (Å²) in [7, 11) is 0. The van der Waals surface area contributed by atoms with Gasteiger partial charge in [0.05, 0.1) is 36.3 Å². The molecule has 0 aromatic carbocycles. The maximum Gasteiger partial charge on any atom is 0.230 e. The number of morpholine rings is 1. The van der Waals surface area contributed by atoms with E-state index in [0.717, 1.165) is 72.4 Å². The lowest BCUT2D eigenvalue weighted by atomic mass is 9.90. The summed E-state index contributed by atoms with van der Waals surface area (Å²) in [5.74, 6) is 1.43. The minimum atomic E-state index is 0.376. The van der Waals surface area contributed by atoms with Crippen LogP contribution in [0.15, 0.2) is 42.9 Å². The fourth-order valence-corrected chi connectivity index (χ4v) is 5.82. The molecule has 10 heteroatoms. The zero-order chi connectivity index (χ0) is 23.6. The number of nitrogens with zero attached hydrogens (tertiary/aromatic N) is 6. The summed E-state index contributed by atoms with van der Waals surface area (Å²) < 4.78 is 12.0. The number of anilines is 3. The maximum atomic E-state index is 5.54. The van der Waals surface area contributed by atoms with Crippen LogP contribution in [-0.4, -0.2) is 67.2 Å². The zero-order valence-electron chi connectivity index (χ0n) is 19.9. The fourth-order valence-electron chi connectivity index (χ4n) is 5.17. The van der Waals surface area contributed by atoms with Crippen LogP contribution in [-0.2, 0) is 4.74 Å². The van der Waals surface area contributed by atoms with Gasteiger partial charge >= 0.3 is 0 Å². The van der Waals surface area contributed by atoms with Gasteiger partial charge in [0.1, 0.15) is 10.5 Å². The first kappa shape index (κ1) is 22.4. The molecule has 2 aliphatic rings. The molecular weight excluding hydrogens is 460 g/mol. The van der Waals surface area contributed by atoms with E-state index < -0.39 is 0 Å². The Morgan fingerprint density at radius 2 is 1.94 bits per heavy atom. The zero-order valence-corrected chi connectivity index (χ0v) is 20.7. The third kappa shape index (κ3) is 4.86. The van der Waals surface area contributed by atoms with Crippen LogP contribution in [0.3, 0.4) is 0 Å². The van der Waals surface area contributed by atoms with E-state index in [9.17, 15) is 0 Å². The summed E-state index contributed by atoms with van der Waals surface area (Å²) >= 11 is 1.42. The number of rotatable bonds is 6. The molecule has 0 radical (unpaired) electrons. The van der Waals surface area contributed by atoms with E-state index in [1.54, 1.807) is 6.20 Å². The van der Waals surface area contributed by atoms with Crippen LogP contribution >= 0.6 is 11.5 Å². The second-order valence-corrected chi connectivity index (χ2v) is 10.1.